The van der Waals surface area contributed by atoms with Crippen LogP contribution >= 0.6 is 11.6 Å². The van der Waals surface area contributed by atoms with Gasteiger partial charge in [0.05, 0.1) is 11.6 Å². The largest absolute Gasteiger partial charge is 0.412 e. The highest BCUT2D eigenvalue weighted by molar-refractivity contribution is 6.20. The van der Waals surface area contributed by atoms with E-state index in [1.165, 1.54) is 16.7 Å². The Hall–Kier alpha value is -2.21. The van der Waals surface area contributed by atoms with Crippen molar-refractivity contribution >= 4 is 11.6 Å². The van der Waals surface area contributed by atoms with Crippen LogP contribution in [0.5, 0.6) is 0 Å². The van der Waals surface area contributed by atoms with E-state index in [9.17, 15) is 5.11 Å². The minimum absolute atomic E-state index is 0. The van der Waals surface area contributed by atoms with Crippen molar-refractivity contribution in [3.05, 3.63) is 108 Å². The Morgan fingerprint density at radius 1 is 0.710 bits per heavy atom. The van der Waals surface area contributed by atoms with Crippen molar-refractivity contribution in [3.63, 3.8) is 0 Å². The summed E-state index contributed by atoms with van der Waals surface area (Å²) in [5.74, 6) is 0. The average Bonchev–Trinajstić information content (AvgIpc) is 2.82. The van der Waals surface area contributed by atoms with Gasteiger partial charge in [-0.2, -0.15) is 0 Å². The van der Waals surface area contributed by atoms with Crippen LogP contribution in [-0.2, 0) is 5.54 Å². The van der Waals surface area contributed by atoms with Gasteiger partial charge in [0.25, 0.3) is 0 Å². The smallest absolute Gasteiger partial charge is 0.111 e. The SMILES string of the molecule is CC(O)C(Cl)N1CCN(C(c2ccccc2)(c2ccccc2)c2ccccc2)CC1.O. The molecule has 1 fully saturated rings. The van der Waals surface area contributed by atoms with Gasteiger partial charge in [0.15, 0.2) is 0 Å². The molecular weight excluding hydrogens is 408 g/mol. The minimum atomic E-state index is -0.555. The number of aliphatic hydroxyl groups is 1. The predicted molar refractivity (Wildman–Crippen MR) is 127 cm³/mol. The first-order chi connectivity index (χ1) is 14.6. The fourth-order valence-electron chi connectivity index (χ4n) is 4.69. The van der Waals surface area contributed by atoms with Gasteiger partial charge in [-0.25, -0.2) is 0 Å². The van der Waals surface area contributed by atoms with Crippen molar-refractivity contribution in [2.45, 2.75) is 24.1 Å². The third-order valence-corrected chi connectivity index (χ3v) is 6.75. The van der Waals surface area contributed by atoms with E-state index in [0.717, 1.165) is 26.2 Å². The number of alkyl halides is 1. The van der Waals surface area contributed by atoms with E-state index in [4.69, 9.17) is 11.6 Å². The first-order valence-electron chi connectivity index (χ1n) is 10.6. The first-order valence-corrected chi connectivity index (χ1v) is 11.1. The summed E-state index contributed by atoms with van der Waals surface area (Å²) in [4.78, 5) is 4.74. The number of aliphatic hydroxyl groups excluding tert-OH is 1. The Kier molecular flexibility index (Phi) is 7.87. The van der Waals surface area contributed by atoms with Gasteiger partial charge in [-0.15, -0.1) is 11.6 Å². The number of hydrogen-bond donors (Lipinski definition) is 1. The maximum absolute atomic E-state index is 9.95. The summed E-state index contributed by atoms with van der Waals surface area (Å²) in [7, 11) is 0. The minimum Gasteiger partial charge on any atom is -0.412 e. The van der Waals surface area contributed by atoms with E-state index >= 15 is 0 Å². The van der Waals surface area contributed by atoms with Gasteiger partial charge in [-0.05, 0) is 23.6 Å². The zero-order chi connectivity index (χ0) is 21.0. The summed E-state index contributed by atoms with van der Waals surface area (Å²) in [5, 5.41) is 9.95. The molecular formula is C26H31ClN2O2. The Morgan fingerprint density at radius 2 is 1.06 bits per heavy atom. The molecule has 1 aliphatic heterocycles. The van der Waals surface area contributed by atoms with Crippen molar-refractivity contribution < 1.29 is 10.6 Å². The maximum Gasteiger partial charge on any atom is 0.111 e. The fraction of sp³-hybridized carbons (Fsp3) is 0.308. The Bertz CT molecular complexity index is 817. The van der Waals surface area contributed by atoms with E-state index < -0.39 is 6.10 Å². The lowest BCUT2D eigenvalue weighted by Gasteiger charge is -2.49. The van der Waals surface area contributed by atoms with Crippen LogP contribution in [-0.4, -0.2) is 58.2 Å². The first kappa shape index (κ1) is 23.5. The van der Waals surface area contributed by atoms with Gasteiger partial charge in [-0.3, -0.25) is 9.80 Å². The molecule has 3 aromatic carbocycles. The second kappa shape index (κ2) is 10.4. The number of rotatable bonds is 6. The number of piperazine rings is 1. The maximum atomic E-state index is 9.95. The van der Waals surface area contributed by atoms with Crippen LogP contribution in [0.25, 0.3) is 0 Å². The predicted octanol–water partition coefficient (Wildman–Crippen LogP) is 3.72. The highest BCUT2D eigenvalue weighted by Crippen LogP contribution is 2.42. The van der Waals surface area contributed by atoms with Gasteiger partial charge in [0.1, 0.15) is 5.50 Å². The molecule has 0 saturated carbocycles. The van der Waals surface area contributed by atoms with E-state index in [2.05, 4.69) is 101 Å². The third-order valence-electron chi connectivity index (χ3n) is 6.11. The van der Waals surface area contributed by atoms with Gasteiger partial charge in [0.2, 0.25) is 0 Å². The summed E-state index contributed by atoms with van der Waals surface area (Å²) in [6, 6.07) is 32.3. The molecule has 3 N–H and O–H groups in total. The van der Waals surface area contributed by atoms with E-state index in [1.807, 2.05) is 0 Å². The Labute approximate surface area is 190 Å². The van der Waals surface area contributed by atoms with Gasteiger partial charge in [-0.1, -0.05) is 91.0 Å². The molecule has 0 amide bonds. The molecule has 164 valence electrons. The van der Waals surface area contributed by atoms with E-state index in [-0.39, 0.29) is 16.5 Å². The van der Waals surface area contributed by atoms with Crippen LogP contribution in [0.4, 0.5) is 0 Å². The lowest BCUT2D eigenvalue weighted by Crippen LogP contribution is -2.58. The summed E-state index contributed by atoms with van der Waals surface area (Å²) >= 11 is 6.46. The monoisotopic (exact) mass is 438 g/mol. The van der Waals surface area contributed by atoms with Gasteiger partial charge in [0, 0.05) is 26.2 Å². The van der Waals surface area contributed by atoms with E-state index in [1.54, 1.807) is 6.92 Å². The normalized spacial score (nSPS) is 17.5. The number of benzene rings is 3. The van der Waals surface area contributed by atoms with Gasteiger partial charge < -0.3 is 10.6 Å². The standard InChI is InChI=1S/C26H29ClN2O.H2O/c1-21(30)25(27)28-17-19-29(20-18-28)26(22-11-5-2-6-12-22,23-13-7-3-8-14-23)24-15-9-4-10-16-24;/h2-16,21,25,30H,17-20H2,1H3;1H2. The molecule has 2 unspecified atom stereocenters. The molecule has 4 rings (SSSR count). The molecule has 0 aromatic heterocycles. The molecule has 3 aromatic rings. The lowest BCUT2D eigenvalue weighted by atomic mass is 9.75. The average molecular weight is 439 g/mol. The summed E-state index contributed by atoms with van der Waals surface area (Å²) in [6.07, 6.45) is -0.555. The molecule has 1 saturated heterocycles. The molecule has 0 spiro atoms. The second-order valence-electron chi connectivity index (χ2n) is 7.94. The number of nitrogens with zero attached hydrogens (tertiary/aromatic N) is 2. The van der Waals surface area contributed by atoms with Crippen molar-refractivity contribution in [1.29, 1.82) is 0 Å². The van der Waals surface area contributed by atoms with Crippen LogP contribution in [0, 0.1) is 0 Å². The lowest BCUT2D eigenvalue weighted by molar-refractivity contribution is 0.0344. The van der Waals surface area contributed by atoms with Crippen LogP contribution < -0.4 is 0 Å². The van der Waals surface area contributed by atoms with Crippen molar-refractivity contribution in [1.82, 2.24) is 9.80 Å². The highest BCUT2D eigenvalue weighted by Gasteiger charge is 2.43. The topological polar surface area (TPSA) is 58.2 Å². The molecule has 5 heteroatoms. The van der Waals surface area contributed by atoms with Crippen molar-refractivity contribution in [3.8, 4) is 0 Å². The fourth-order valence-corrected chi connectivity index (χ4v) is 4.89. The molecule has 0 aliphatic carbocycles. The van der Waals surface area contributed by atoms with Crippen molar-refractivity contribution in [2.75, 3.05) is 26.2 Å². The molecule has 31 heavy (non-hydrogen) atoms. The molecule has 4 nitrogen and oxygen atoms in total. The zero-order valence-corrected chi connectivity index (χ0v) is 18.6. The molecule has 1 heterocycles. The molecule has 2 atom stereocenters. The third kappa shape index (κ3) is 4.54. The zero-order valence-electron chi connectivity index (χ0n) is 17.9. The van der Waals surface area contributed by atoms with Crippen LogP contribution in [0.15, 0.2) is 91.0 Å². The van der Waals surface area contributed by atoms with Gasteiger partial charge >= 0.3 is 0 Å². The number of hydrogen-bond acceptors (Lipinski definition) is 3. The van der Waals surface area contributed by atoms with Crippen LogP contribution in [0.2, 0.25) is 0 Å². The van der Waals surface area contributed by atoms with Crippen LogP contribution in [0.1, 0.15) is 23.6 Å². The summed E-state index contributed by atoms with van der Waals surface area (Å²) < 4.78 is 0. The summed E-state index contributed by atoms with van der Waals surface area (Å²) in [5.41, 5.74) is 3.03. The second-order valence-corrected chi connectivity index (χ2v) is 8.39. The Balaban J connectivity index is 0.00000272. The Morgan fingerprint density at radius 3 is 1.39 bits per heavy atom. The molecule has 1 aliphatic rings. The number of halogens is 1. The quantitative estimate of drug-likeness (QED) is 0.362. The highest BCUT2D eigenvalue weighted by atomic mass is 35.5. The molecule has 0 radical (unpaired) electrons. The van der Waals surface area contributed by atoms with Crippen molar-refractivity contribution in [2.24, 2.45) is 0 Å². The van der Waals surface area contributed by atoms with Crippen LogP contribution in [0.3, 0.4) is 0 Å². The summed E-state index contributed by atoms with van der Waals surface area (Å²) in [6.45, 7) is 5.09. The molecule has 0 bridgehead atoms. The van der Waals surface area contributed by atoms with E-state index in [0.29, 0.717) is 0 Å².